The molecular weight excluding hydrogens is 388 g/mol. The van der Waals surface area contributed by atoms with Crippen molar-refractivity contribution in [3.63, 3.8) is 0 Å². The molecule has 6 heteroatoms. The fraction of sp³-hybridized carbons (Fsp3) is 0.280. The Balaban J connectivity index is 1.30. The van der Waals surface area contributed by atoms with Gasteiger partial charge in [0.2, 0.25) is 0 Å². The van der Waals surface area contributed by atoms with Gasteiger partial charge in [-0.3, -0.25) is 0 Å². The van der Waals surface area contributed by atoms with Gasteiger partial charge < -0.3 is 19.7 Å². The lowest BCUT2D eigenvalue weighted by Gasteiger charge is -2.36. The van der Waals surface area contributed by atoms with Gasteiger partial charge in [-0.05, 0) is 61.7 Å². The van der Waals surface area contributed by atoms with Crippen LogP contribution in [0.15, 0.2) is 66.7 Å². The highest BCUT2D eigenvalue weighted by atomic mass is 16.5. The van der Waals surface area contributed by atoms with Crippen LogP contribution in [0.1, 0.15) is 25.3 Å². The normalized spacial score (nSPS) is 15.9. The molecule has 6 nitrogen and oxygen atoms in total. The number of aromatic nitrogens is 3. The third-order valence-electron chi connectivity index (χ3n) is 5.87. The van der Waals surface area contributed by atoms with Crippen molar-refractivity contribution in [3.05, 3.63) is 72.3 Å². The van der Waals surface area contributed by atoms with Crippen molar-refractivity contribution in [2.75, 3.05) is 18.0 Å². The summed E-state index contributed by atoms with van der Waals surface area (Å²) in [5.74, 6) is 2.52. The lowest BCUT2D eigenvalue weighted by Crippen LogP contribution is -2.42. The second-order valence-corrected chi connectivity index (χ2v) is 8.41. The molecule has 31 heavy (non-hydrogen) atoms. The Morgan fingerprint density at radius 2 is 1.71 bits per heavy atom. The van der Waals surface area contributed by atoms with Gasteiger partial charge in [-0.15, -0.1) is 0 Å². The molecule has 0 radical (unpaired) electrons. The maximum absolute atomic E-state index is 10.2. The maximum atomic E-state index is 10.2. The fourth-order valence-corrected chi connectivity index (χ4v) is 3.86. The minimum absolute atomic E-state index is 0.545. The van der Waals surface area contributed by atoms with Crippen LogP contribution in [0, 0.1) is 0 Å². The van der Waals surface area contributed by atoms with Gasteiger partial charge in [0.25, 0.3) is 0 Å². The zero-order chi connectivity index (χ0) is 21.3. The Kier molecular flexibility index (Phi) is 5.08. The zero-order valence-corrected chi connectivity index (χ0v) is 17.6. The highest BCUT2D eigenvalue weighted by molar-refractivity contribution is 5.77. The van der Waals surface area contributed by atoms with Crippen molar-refractivity contribution >= 4 is 17.0 Å². The molecule has 1 fully saturated rings. The second kappa shape index (κ2) is 8.04. The number of aromatic amines is 1. The Morgan fingerprint density at radius 3 is 2.45 bits per heavy atom. The molecule has 3 heterocycles. The number of fused-ring (bicyclic) bond motifs is 1. The molecule has 2 aromatic heterocycles. The largest absolute Gasteiger partial charge is 0.489 e. The van der Waals surface area contributed by atoms with E-state index in [0.717, 1.165) is 60.0 Å². The van der Waals surface area contributed by atoms with Crippen LogP contribution in [0.4, 0.5) is 5.82 Å². The van der Waals surface area contributed by atoms with E-state index in [1.165, 1.54) is 0 Å². The van der Waals surface area contributed by atoms with Crippen molar-refractivity contribution in [3.8, 4) is 17.1 Å². The maximum Gasteiger partial charge on any atom is 0.180 e. The molecule has 0 atom stereocenters. The Bertz CT molecular complexity index is 1160. The van der Waals surface area contributed by atoms with Crippen LogP contribution in [0.3, 0.4) is 0 Å². The first kappa shape index (κ1) is 19.6. The molecule has 0 bridgehead atoms. The predicted octanol–water partition coefficient (Wildman–Crippen LogP) is 4.56. The van der Waals surface area contributed by atoms with Crippen molar-refractivity contribution in [1.82, 2.24) is 15.0 Å². The molecular formula is C25H26N4O2. The topological polar surface area (TPSA) is 74.3 Å². The minimum Gasteiger partial charge on any atom is -0.489 e. The number of anilines is 1. The molecule has 0 aliphatic carbocycles. The number of hydrogen-bond donors (Lipinski definition) is 2. The standard InChI is InChI=1S/C25H26N4O2/c1-25(30)13-15-29(16-14-25)22-12-11-21-24(27-22)28-23(26-21)19-7-9-20(10-8-19)31-17-18-5-3-2-4-6-18/h2-12,30H,13-17H2,1H3,(H,26,27,28). The van der Waals surface area contributed by atoms with Crippen LogP contribution in [-0.2, 0) is 6.61 Å². The van der Waals surface area contributed by atoms with Crippen LogP contribution in [-0.4, -0.2) is 38.7 Å². The number of benzene rings is 2. The average Bonchev–Trinajstić information content (AvgIpc) is 3.22. The van der Waals surface area contributed by atoms with E-state index in [1.807, 2.05) is 61.5 Å². The van der Waals surface area contributed by atoms with Crippen LogP contribution < -0.4 is 9.64 Å². The molecule has 1 aliphatic heterocycles. The van der Waals surface area contributed by atoms with Gasteiger partial charge in [0, 0.05) is 18.7 Å². The molecule has 2 aromatic carbocycles. The van der Waals surface area contributed by atoms with Crippen LogP contribution in [0.25, 0.3) is 22.6 Å². The first-order valence-corrected chi connectivity index (χ1v) is 10.7. The van der Waals surface area contributed by atoms with E-state index in [9.17, 15) is 5.11 Å². The number of rotatable bonds is 5. The van der Waals surface area contributed by atoms with Gasteiger partial charge in [0.1, 0.15) is 24.0 Å². The lowest BCUT2D eigenvalue weighted by molar-refractivity contribution is 0.0350. The number of ether oxygens (including phenoxy) is 1. The van der Waals surface area contributed by atoms with Crippen molar-refractivity contribution in [2.45, 2.75) is 32.0 Å². The summed E-state index contributed by atoms with van der Waals surface area (Å²) in [5, 5.41) is 10.2. The molecule has 158 valence electrons. The zero-order valence-electron chi connectivity index (χ0n) is 17.6. The lowest BCUT2D eigenvalue weighted by atomic mass is 9.94. The Morgan fingerprint density at radius 1 is 0.968 bits per heavy atom. The quantitative estimate of drug-likeness (QED) is 0.501. The van der Waals surface area contributed by atoms with Crippen LogP contribution >= 0.6 is 0 Å². The summed E-state index contributed by atoms with van der Waals surface area (Å²) in [6.45, 7) is 4.04. The van der Waals surface area contributed by atoms with E-state index in [-0.39, 0.29) is 0 Å². The summed E-state index contributed by atoms with van der Waals surface area (Å²) < 4.78 is 5.87. The smallest absolute Gasteiger partial charge is 0.180 e. The highest BCUT2D eigenvalue weighted by Crippen LogP contribution is 2.27. The van der Waals surface area contributed by atoms with E-state index in [0.29, 0.717) is 12.3 Å². The number of aliphatic hydroxyl groups is 1. The fourth-order valence-electron chi connectivity index (χ4n) is 3.86. The van der Waals surface area contributed by atoms with Gasteiger partial charge in [0.05, 0.1) is 11.1 Å². The Hall–Kier alpha value is -3.38. The number of nitrogens with one attached hydrogen (secondary N) is 1. The summed E-state index contributed by atoms with van der Waals surface area (Å²) in [5.41, 5.74) is 3.17. The summed E-state index contributed by atoms with van der Waals surface area (Å²) in [4.78, 5) is 15.0. The Labute approximate surface area is 181 Å². The van der Waals surface area contributed by atoms with Crippen LogP contribution in [0.5, 0.6) is 5.75 Å². The predicted molar refractivity (Wildman–Crippen MR) is 122 cm³/mol. The molecule has 0 amide bonds. The number of H-pyrrole nitrogens is 1. The monoisotopic (exact) mass is 414 g/mol. The number of imidazole rings is 1. The van der Waals surface area contributed by atoms with Gasteiger partial charge in [-0.2, -0.15) is 0 Å². The van der Waals surface area contributed by atoms with Gasteiger partial charge in [0.15, 0.2) is 5.65 Å². The molecule has 1 aliphatic rings. The number of pyridine rings is 1. The van der Waals surface area contributed by atoms with Gasteiger partial charge in [-0.1, -0.05) is 30.3 Å². The molecule has 0 spiro atoms. The third kappa shape index (κ3) is 4.39. The van der Waals surface area contributed by atoms with E-state index in [2.05, 4.69) is 22.0 Å². The van der Waals surface area contributed by atoms with Crippen molar-refractivity contribution in [1.29, 1.82) is 0 Å². The molecule has 1 saturated heterocycles. The summed E-state index contributed by atoms with van der Waals surface area (Å²) >= 11 is 0. The summed E-state index contributed by atoms with van der Waals surface area (Å²) in [6.07, 6.45) is 1.49. The van der Waals surface area contributed by atoms with Crippen molar-refractivity contribution < 1.29 is 9.84 Å². The molecule has 0 saturated carbocycles. The summed E-state index contributed by atoms with van der Waals surface area (Å²) in [6, 6.07) is 22.1. The van der Waals surface area contributed by atoms with E-state index in [1.54, 1.807) is 0 Å². The first-order chi connectivity index (χ1) is 15.1. The van der Waals surface area contributed by atoms with Gasteiger partial charge in [-0.25, -0.2) is 9.97 Å². The van der Waals surface area contributed by atoms with Crippen LogP contribution in [0.2, 0.25) is 0 Å². The number of piperidine rings is 1. The SMILES string of the molecule is CC1(O)CCN(c2ccc3[nH]c(-c4ccc(OCc5ccccc5)cc4)nc3n2)CC1. The van der Waals surface area contributed by atoms with Gasteiger partial charge >= 0.3 is 0 Å². The number of hydrogen-bond acceptors (Lipinski definition) is 5. The number of nitrogens with zero attached hydrogens (tertiary/aromatic N) is 3. The van der Waals surface area contributed by atoms with E-state index < -0.39 is 5.60 Å². The minimum atomic E-state index is -0.572. The molecule has 0 unspecified atom stereocenters. The first-order valence-electron chi connectivity index (χ1n) is 10.7. The summed E-state index contributed by atoms with van der Waals surface area (Å²) in [7, 11) is 0. The highest BCUT2D eigenvalue weighted by Gasteiger charge is 2.28. The molecule has 5 rings (SSSR count). The average molecular weight is 415 g/mol. The third-order valence-corrected chi connectivity index (χ3v) is 5.87. The van der Waals surface area contributed by atoms with E-state index >= 15 is 0 Å². The molecule has 2 N–H and O–H groups in total. The molecule has 4 aromatic rings. The van der Waals surface area contributed by atoms with E-state index in [4.69, 9.17) is 14.7 Å². The second-order valence-electron chi connectivity index (χ2n) is 8.41. The van der Waals surface area contributed by atoms with Crippen molar-refractivity contribution in [2.24, 2.45) is 0 Å².